The number of nitrogens with one attached hydrogen (secondary N) is 3. The highest BCUT2D eigenvalue weighted by atomic mass is 16.6. The van der Waals surface area contributed by atoms with Crippen molar-refractivity contribution in [1.82, 2.24) is 15.2 Å². The first-order chi connectivity index (χ1) is 15.6. The topological polar surface area (TPSA) is 139 Å². The molecule has 0 bridgehead atoms. The number of pyridine rings is 1. The Morgan fingerprint density at radius 2 is 1.97 bits per heavy atom. The van der Waals surface area contributed by atoms with Crippen molar-refractivity contribution in [3.05, 3.63) is 28.7 Å². The van der Waals surface area contributed by atoms with Crippen LogP contribution in [0.15, 0.2) is 23.1 Å². The molecule has 3 atom stereocenters. The van der Waals surface area contributed by atoms with E-state index in [1.54, 1.807) is 26.8 Å². The monoisotopic (exact) mass is 462 g/mol. The van der Waals surface area contributed by atoms with E-state index in [4.69, 9.17) is 4.74 Å². The third-order valence-electron chi connectivity index (χ3n) is 5.80. The van der Waals surface area contributed by atoms with Crippen LogP contribution < -0.4 is 21.5 Å². The first kappa shape index (κ1) is 24.8. The average Bonchev–Trinajstić information content (AvgIpc) is 3.46. The molecular weight excluding hydrogens is 428 g/mol. The summed E-state index contributed by atoms with van der Waals surface area (Å²) in [4.78, 5) is 50.3. The Kier molecular flexibility index (Phi) is 7.78. The quantitative estimate of drug-likeness (QED) is 0.439. The summed E-state index contributed by atoms with van der Waals surface area (Å²) < 4.78 is 6.54. The normalized spacial score (nSPS) is 20.0. The number of rotatable bonds is 9. The van der Waals surface area contributed by atoms with Gasteiger partial charge in [0.15, 0.2) is 0 Å². The van der Waals surface area contributed by atoms with Crippen LogP contribution in [0.2, 0.25) is 0 Å². The summed E-state index contributed by atoms with van der Waals surface area (Å²) >= 11 is 0. The van der Waals surface area contributed by atoms with Crippen LogP contribution in [0.3, 0.4) is 0 Å². The average molecular weight is 463 g/mol. The molecule has 1 saturated carbocycles. The number of hydrogen-bond acceptors (Lipinski definition) is 6. The van der Waals surface area contributed by atoms with E-state index in [9.17, 15) is 24.3 Å². The molecule has 2 fully saturated rings. The van der Waals surface area contributed by atoms with Gasteiger partial charge in [-0.3, -0.25) is 19.7 Å². The van der Waals surface area contributed by atoms with Gasteiger partial charge in [0.25, 0.3) is 5.56 Å². The predicted molar refractivity (Wildman–Crippen MR) is 122 cm³/mol. The molecule has 33 heavy (non-hydrogen) atoms. The molecule has 0 aromatic carbocycles. The fourth-order valence-corrected chi connectivity index (χ4v) is 3.97. The minimum atomic E-state index is -0.795. The molecule has 0 radical (unpaired) electrons. The zero-order valence-electron chi connectivity index (χ0n) is 19.4. The van der Waals surface area contributed by atoms with Gasteiger partial charge in [0.05, 0.1) is 12.6 Å². The molecule has 2 heterocycles. The van der Waals surface area contributed by atoms with Crippen molar-refractivity contribution in [2.75, 3.05) is 18.5 Å². The van der Waals surface area contributed by atoms with Crippen LogP contribution in [0.5, 0.6) is 0 Å². The Labute approximate surface area is 193 Å². The summed E-state index contributed by atoms with van der Waals surface area (Å²) in [5.74, 6) is -0.387. The smallest absolute Gasteiger partial charge is 0.412 e. The van der Waals surface area contributed by atoms with Gasteiger partial charge in [-0.25, -0.2) is 4.79 Å². The number of carbonyl (C=O) groups excluding carboxylic acids is 3. The molecule has 1 aliphatic heterocycles. The first-order valence-electron chi connectivity index (χ1n) is 11.5. The van der Waals surface area contributed by atoms with E-state index in [1.165, 1.54) is 16.8 Å². The SMILES string of the molecule is CC(C)(C)OC(=O)Nc1cccn(C(CC2CC2)C(=O)N[C@H](CO)C[C@@H]2CCNC2=O)c1=O. The van der Waals surface area contributed by atoms with Crippen molar-refractivity contribution >= 4 is 23.6 Å². The van der Waals surface area contributed by atoms with Crippen molar-refractivity contribution in [3.8, 4) is 0 Å². The summed E-state index contributed by atoms with van der Waals surface area (Å²) in [6.45, 7) is 5.45. The Morgan fingerprint density at radius 3 is 2.55 bits per heavy atom. The van der Waals surface area contributed by atoms with Crippen molar-refractivity contribution in [1.29, 1.82) is 0 Å². The van der Waals surface area contributed by atoms with E-state index in [2.05, 4.69) is 16.0 Å². The number of ether oxygens (including phenoxy) is 1. The highest BCUT2D eigenvalue weighted by molar-refractivity contribution is 5.85. The number of hydrogen-bond donors (Lipinski definition) is 4. The van der Waals surface area contributed by atoms with Crippen molar-refractivity contribution < 1.29 is 24.2 Å². The first-order valence-corrected chi connectivity index (χ1v) is 11.5. The fraction of sp³-hybridized carbons (Fsp3) is 0.652. The van der Waals surface area contributed by atoms with Gasteiger partial charge in [0.1, 0.15) is 17.3 Å². The molecule has 10 nitrogen and oxygen atoms in total. The van der Waals surface area contributed by atoms with Crippen molar-refractivity contribution in [2.24, 2.45) is 11.8 Å². The van der Waals surface area contributed by atoms with Gasteiger partial charge in [-0.1, -0.05) is 12.8 Å². The molecule has 1 aromatic heterocycles. The number of aliphatic hydroxyl groups is 1. The van der Waals surface area contributed by atoms with Crippen LogP contribution in [0.4, 0.5) is 10.5 Å². The second-order valence-electron chi connectivity index (χ2n) is 9.86. The summed E-state index contributed by atoms with van der Waals surface area (Å²) in [6.07, 6.45) is 4.21. The summed E-state index contributed by atoms with van der Waals surface area (Å²) in [5.41, 5.74) is -1.22. The number of amides is 3. The van der Waals surface area contributed by atoms with Crippen LogP contribution in [-0.2, 0) is 14.3 Å². The molecule has 0 spiro atoms. The van der Waals surface area contributed by atoms with Gasteiger partial charge in [0, 0.05) is 18.7 Å². The molecule has 1 saturated heterocycles. The maximum atomic E-state index is 13.2. The van der Waals surface area contributed by atoms with Gasteiger partial charge < -0.3 is 25.0 Å². The molecule has 4 N–H and O–H groups in total. The molecular formula is C23H34N4O6. The fourth-order valence-electron chi connectivity index (χ4n) is 3.97. The molecule has 3 amide bonds. The van der Waals surface area contributed by atoms with E-state index in [0.29, 0.717) is 31.7 Å². The van der Waals surface area contributed by atoms with Crippen molar-refractivity contribution in [2.45, 2.75) is 70.6 Å². The zero-order chi connectivity index (χ0) is 24.2. The maximum absolute atomic E-state index is 13.2. The summed E-state index contributed by atoms with van der Waals surface area (Å²) in [5, 5.41) is 17.8. The number of carbonyl (C=O) groups is 3. The number of aromatic nitrogens is 1. The Morgan fingerprint density at radius 1 is 1.24 bits per heavy atom. The second-order valence-corrected chi connectivity index (χ2v) is 9.86. The third kappa shape index (κ3) is 7.05. The van der Waals surface area contributed by atoms with Gasteiger partial charge in [-0.05, 0) is 58.1 Å². The standard InChI is InChI=1S/C23H34N4O6/c1-23(2,3)33-22(32)26-17-5-4-10-27(21(17)31)18(11-14-6-7-14)20(30)25-16(13-28)12-15-8-9-24-19(15)29/h4-5,10,14-16,18,28H,6-9,11-13H2,1-3H3,(H,24,29)(H,25,30)(H,26,32)/t15-,16-,18?/m0/s1. The molecule has 1 aromatic rings. The highest BCUT2D eigenvalue weighted by Crippen LogP contribution is 2.36. The van der Waals surface area contributed by atoms with E-state index < -0.39 is 35.2 Å². The predicted octanol–water partition coefficient (Wildman–Crippen LogP) is 1.54. The van der Waals surface area contributed by atoms with Crippen LogP contribution in [0, 0.1) is 11.8 Å². The Bertz CT molecular complexity index is 934. The van der Waals surface area contributed by atoms with Gasteiger partial charge in [0.2, 0.25) is 11.8 Å². The summed E-state index contributed by atoms with van der Waals surface area (Å²) in [7, 11) is 0. The summed E-state index contributed by atoms with van der Waals surface area (Å²) in [6, 6.07) is 1.67. The van der Waals surface area contributed by atoms with Gasteiger partial charge >= 0.3 is 6.09 Å². The minimum absolute atomic E-state index is 0.0154. The minimum Gasteiger partial charge on any atom is -0.444 e. The third-order valence-corrected chi connectivity index (χ3v) is 5.80. The lowest BCUT2D eigenvalue weighted by Crippen LogP contribution is -2.45. The number of anilines is 1. The van der Waals surface area contributed by atoms with Crippen LogP contribution in [0.1, 0.15) is 58.9 Å². The van der Waals surface area contributed by atoms with Crippen LogP contribution >= 0.6 is 0 Å². The second kappa shape index (κ2) is 10.4. The Hall–Kier alpha value is -2.88. The van der Waals surface area contributed by atoms with Crippen molar-refractivity contribution in [3.63, 3.8) is 0 Å². The molecule has 10 heteroatoms. The zero-order valence-corrected chi connectivity index (χ0v) is 19.4. The number of nitrogens with zero attached hydrogens (tertiary/aromatic N) is 1. The highest BCUT2D eigenvalue weighted by Gasteiger charge is 2.34. The lowest BCUT2D eigenvalue weighted by atomic mass is 9.98. The van der Waals surface area contributed by atoms with Crippen LogP contribution in [-0.4, -0.2) is 52.4 Å². The molecule has 1 unspecified atom stereocenters. The largest absolute Gasteiger partial charge is 0.444 e. The molecule has 3 rings (SSSR count). The van der Waals surface area contributed by atoms with Gasteiger partial charge in [-0.15, -0.1) is 0 Å². The van der Waals surface area contributed by atoms with Crippen LogP contribution in [0.25, 0.3) is 0 Å². The Balaban J connectivity index is 1.76. The maximum Gasteiger partial charge on any atom is 0.412 e. The lowest BCUT2D eigenvalue weighted by Gasteiger charge is -2.25. The number of aliphatic hydroxyl groups excluding tert-OH is 1. The molecule has 182 valence electrons. The van der Waals surface area contributed by atoms with E-state index >= 15 is 0 Å². The lowest BCUT2D eigenvalue weighted by molar-refractivity contribution is -0.127. The van der Waals surface area contributed by atoms with E-state index in [0.717, 1.165) is 12.8 Å². The van der Waals surface area contributed by atoms with E-state index in [-0.39, 0.29) is 24.1 Å². The molecule has 1 aliphatic carbocycles. The van der Waals surface area contributed by atoms with E-state index in [1.807, 2.05) is 0 Å². The molecule has 2 aliphatic rings. The van der Waals surface area contributed by atoms with Gasteiger partial charge in [-0.2, -0.15) is 0 Å².